The van der Waals surface area contributed by atoms with Gasteiger partial charge in [0.1, 0.15) is 17.6 Å². The maximum absolute atomic E-state index is 14.3. The predicted molar refractivity (Wildman–Crippen MR) is 79.4 cm³/mol. The predicted octanol–water partition coefficient (Wildman–Crippen LogP) is 1.23. The van der Waals surface area contributed by atoms with Gasteiger partial charge in [0.2, 0.25) is 0 Å². The Balaban J connectivity index is 1.53. The fourth-order valence-electron chi connectivity index (χ4n) is 2.58. The highest BCUT2D eigenvalue weighted by Crippen LogP contribution is 2.28. The standard InChI is InChI=1S/C14H12FN7O2/c15-12-5-9(1-2-11(12)13-6-17-19-18-13)22-8-10(24-14(22)23)7-21-4-3-16-20-21/h1-6,10H,7-8H2,(H,17,18,19). The van der Waals surface area contributed by atoms with Crippen molar-refractivity contribution in [2.24, 2.45) is 0 Å². The number of rotatable bonds is 4. The third kappa shape index (κ3) is 2.57. The molecule has 1 amide bonds. The SMILES string of the molecule is O=C1OC(Cn2ccnn2)CN1c1ccc(-c2cn[nH]n2)c(F)c1. The van der Waals surface area contributed by atoms with Gasteiger partial charge in [-0.05, 0) is 18.2 Å². The number of benzene rings is 1. The minimum absolute atomic E-state index is 0.305. The van der Waals surface area contributed by atoms with Crippen molar-refractivity contribution in [2.75, 3.05) is 11.4 Å². The van der Waals surface area contributed by atoms with Crippen LogP contribution in [0.5, 0.6) is 0 Å². The summed E-state index contributed by atoms with van der Waals surface area (Å²) in [7, 11) is 0. The molecule has 1 aromatic carbocycles. The number of aromatic amines is 1. The average molecular weight is 329 g/mol. The summed E-state index contributed by atoms with van der Waals surface area (Å²) in [5.74, 6) is -0.492. The Bertz CT molecular complexity index is 850. The monoisotopic (exact) mass is 329 g/mol. The van der Waals surface area contributed by atoms with E-state index in [0.717, 1.165) is 0 Å². The lowest BCUT2D eigenvalue weighted by Gasteiger charge is -2.13. The van der Waals surface area contributed by atoms with Gasteiger partial charge in [0, 0.05) is 11.8 Å². The van der Waals surface area contributed by atoms with E-state index in [1.807, 2.05) is 0 Å². The van der Waals surface area contributed by atoms with Crippen LogP contribution in [0.4, 0.5) is 14.9 Å². The first-order valence-electron chi connectivity index (χ1n) is 7.18. The smallest absolute Gasteiger partial charge is 0.414 e. The first-order chi connectivity index (χ1) is 11.7. The Kier molecular flexibility index (Phi) is 3.41. The summed E-state index contributed by atoms with van der Waals surface area (Å²) in [6, 6.07) is 4.48. The molecule has 0 aliphatic carbocycles. The molecule has 1 atom stereocenters. The lowest BCUT2D eigenvalue weighted by molar-refractivity contribution is 0.129. The van der Waals surface area contributed by atoms with E-state index in [1.54, 1.807) is 29.2 Å². The number of nitrogens with zero attached hydrogens (tertiary/aromatic N) is 6. The molecule has 1 unspecified atom stereocenters. The van der Waals surface area contributed by atoms with E-state index in [-0.39, 0.29) is 6.10 Å². The molecule has 0 spiro atoms. The number of halogens is 1. The topological polar surface area (TPSA) is 102 Å². The van der Waals surface area contributed by atoms with Crippen LogP contribution in [0.3, 0.4) is 0 Å². The van der Waals surface area contributed by atoms with Gasteiger partial charge < -0.3 is 4.74 Å². The van der Waals surface area contributed by atoms with E-state index in [2.05, 4.69) is 25.7 Å². The molecule has 1 aliphatic rings. The second-order valence-electron chi connectivity index (χ2n) is 5.26. The zero-order valence-electron chi connectivity index (χ0n) is 12.3. The molecule has 1 fully saturated rings. The summed E-state index contributed by atoms with van der Waals surface area (Å²) >= 11 is 0. The number of aromatic nitrogens is 6. The number of nitrogens with one attached hydrogen (secondary N) is 1. The van der Waals surface area contributed by atoms with Crippen molar-refractivity contribution in [1.29, 1.82) is 0 Å². The molecule has 0 bridgehead atoms. The quantitative estimate of drug-likeness (QED) is 0.772. The number of ether oxygens (including phenoxy) is 1. The number of hydrogen-bond acceptors (Lipinski definition) is 6. The minimum atomic E-state index is -0.520. The molecule has 0 saturated carbocycles. The Hall–Kier alpha value is -3.30. The second kappa shape index (κ2) is 5.72. The lowest BCUT2D eigenvalue weighted by atomic mass is 10.1. The van der Waals surface area contributed by atoms with Crippen LogP contribution < -0.4 is 4.90 Å². The van der Waals surface area contributed by atoms with E-state index in [0.29, 0.717) is 30.0 Å². The molecular formula is C14H12FN7O2. The van der Waals surface area contributed by atoms with Crippen LogP contribution in [-0.2, 0) is 11.3 Å². The first kappa shape index (κ1) is 14.3. The summed E-state index contributed by atoms with van der Waals surface area (Å²) in [5.41, 5.74) is 1.12. The van der Waals surface area contributed by atoms with Gasteiger partial charge in [-0.25, -0.2) is 13.9 Å². The van der Waals surface area contributed by atoms with Gasteiger partial charge in [0.05, 0.1) is 31.2 Å². The number of amides is 1. The van der Waals surface area contributed by atoms with Gasteiger partial charge >= 0.3 is 6.09 Å². The zero-order chi connectivity index (χ0) is 16.5. The van der Waals surface area contributed by atoms with Crippen molar-refractivity contribution in [3.63, 3.8) is 0 Å². The highest BCUT2D eigenvalue weighted by atomic mass is 19.1. The third-order valence-electron chi connectivity index (χ3n) is 3.69. The molecule has 1 saturated heterocycles. The molecule has 1 N–H and O–H groups in total. The van der Waals surface area contributed by atoms with E-state index < -0.39 is 11.9 Å². The molecule has 4 rings (SSSR count). The van der Waals surface area contributed by atoms with Crippen LogP contribution in [0.1, 0.15) is 0 Å². The number of cyclic esters (lactones) is 1. The second-order valence-corrected chi connectivity index (χ2v) is 5.26. The fourth-order valence-corrected chi connectivity index (χ4v) is 2.58. The van der Waals surface area contributed by atoms with Crippen LogP contribution in [0.25, 0.3) is 11.3 Å². The van der Waals surface area contributed by atoms with Crippen LogP contribution >= 0.6 is 0 Å². The largest absolute Gasteiger partial charge is 0.442 e. The molecule has 9 nitrogen and oxygen atoms in total. The van der Waals surface area contributed by atoms with Gasteiger partial charge in [-0.1, -0.05) is 5.21 Å². The molecule has 10 heteroatoms. The maximum atomic E-state index is 14.3. The highest BCUT2D eigenvalue weighted by molar-refractivity contribution is 5.90. The molecule has 3 aromatic rings. The normalized spacial score (nSPS) is 17.3. The Morgan fingerprint density at radius 1 is 1.42 bits per heavy atom. The maximum Gasteiger partial charge on any atom is 0.414 e. The van der Waals surface area contributed by atoms with E-state index in [4.69, 9.17) is 4.74 Å². The number of hydrogen-bond donors (Lipinski definition) is 1. The van der Waals surface area contributed by atoms with Crippen molar-refractivity contribution in [2.45, 2.75) is 12.6 Å². The van der Waals surface area contributed by atoms with Crippen molar-refractivity contribution < 1.29 is 13.9 Å². The lowest BCUT2D eigenvalue weighted by Crippen LogP contribution is -2.26. The van der Waals surface area contributed by atoms with Crippen LogP contribution in [0.2, 0.25) is 0 Å². The molecule has 122 valence electrons. The fraction of sp³-hybridized carbons (Fsp3) is 0.214. The number of carbonyl (C=O) groups excluding carboxylic acids is 1. The van der Waals surface area contributed by atoms with Crippen LogP contribution in [-0.4, -0.2) is 49.1 Å². The van der Waals surface area contributed by atoms with Gasteiger partial charge in [-0.3, -0.25) is 4.90 Å². The Morgan fingerprint density at radius 3 is 3.04 bits per heavy atom. The van der Waals surface area contributed by atoms with Crippen molar-refractivity contribution in [3.8, 4) is 11.3 Å². The van der Waals surface area contributed by atoms with Gasteiger partial charge in [0.15, 0.2) is 0 Å². The Morgan fingerprint density at radius 2 is 2.33 bits per heavy atom. The van der Waals surface area contributed by atoms with Crippen LogP contribution in [0, 0.1) is 5.82 Å². The highest BCUT2D eigenvalue weighted by Gasteiger charge is 2.33. The summed E-state index contributed by atoms with van der Waals surface area (Å²) in [6.45, 7) is 0.698. The van der Waals surface area contributed by atoms with Gasteiger partial charge in [-0.15, -0.1) is 5.10 Å². The first-order valence-corrected chi connectivity index (χ1v) is 7.18. The number of carbonyl (C=O) groups is 1. The number of anilines is 1. The van der Waals surface area contributed by atoms with E-state index in [9.17, 15) is 9.18 Å². The van der Waals surface area contributed by atoms with Crippen molar-refractivity contribution in [1.82, 2.24) is 30.4 Å². The molecule has 2 aromatic heterocycles. The summed E-state index contributed by atoms with van der Waals surface area (Å²) in [4.78, 5) is 13.4. The summed E-state index contributed by atoms with van der Waals surface area (Å²) < 4.78 is 21.2. The minimum Gasteiger partial charge on any atom is -0.442 e. The molecule has 3 heterocycles. The van der Waals surface area contributed by atoms with E-state index >= 15 is 0 Å². The zero-order valence-corrected chi connectivity index (χ0v) is 12.3. The number of H-pyrrole nitrogens is 1. The Labute approximate surface area is 135 Å². The molecular weight excluding hydrogens is 317 g/mol. The van der Waals surface area contributed by atoms with E-state index in [1.165, 1.54) is 17.2 Å². The summed E-state index contributed by atoms with van der Waals surface area (Å²) in [5, 5.41) is 17.5. The van der Waals surface area contributed by atoms with Gasteiger partial charge in [-0.2, -0.15) is 15.4 Å². The summed E-state index contributed by atoms with van der Waals surface area (Å²) in [6.07, 6.45) is 3.76. The van der Waals surface area contributed by atoms with Crippen LogP contribution in [0.15, 0.2) is 36.8 Å². The molecule has 1 aliphatic heterocycles. The average Bonchev–Trinajstić information content (AvgIpc) is 3.30. The third-order valence-corrected chi connectivity index (χ3v) is 3.69. The van der Waals surface area contributed by atoms with Gasteiger partial charge in [0.25, 0.3) is 0 Å². The molecule has 0 radical (unpaired) electrons. The van der Waals surface area contributed by atoms with Crippen molar-refractivity contribution in [3.05, 3.63) is 42.6 Å². The van der Waals surface area contributed by atoms with Crippen molar-refractivity contribution >= 4 is 11.8 Å². The molecule has 24 heavy (non-hydrogen) atoms.